The first kappa shape index (κ1) is 22.0. The van der Waals surface area contributed by atoms with Crippen LogP contribution in [-0.2, 0) is 19.1 Å². The number of fused-ring (bicyclic) bond motifs is 1. The van der Waals surface area contributed by atoms with Gasteiger partial charge in [0, 0.05) is 22.6 Å². The summed E-state index contributed by atoms with van der Waals surface area (Å²) in [7, 11) is 0. The van der Waals surface area contributed by atoms with Crippen molar-refractivity contribution >= 4 is 16.8 Å². The average Bonchev–Trinajstić information content (AvgIpc) is 3.09. The summed E-state index contributed by atoms with van der Waals surface area (Å²) in [6.45, 7) is 1.76. The van der Waals surface area contributed by atoms with Crippen LogP contribution < -0.4 is 5.32 Å². The lowest BCUT2D eigenvalue weighted by molar-refractivity contribution is -0.149. The van der Waals surface area contributed by atoms with Crippen LogP contribution in [0.25, 0.3) is 10.9 Å². The molecule has 3 fully saturated rings. The SMILES string of the molecule is CCC12CC(NC(=O)c3cn(CCF)c4cccc(Cc5ccc(C(F)(F)F)cc5)c34)(C1)C2. The Morgan fingerprint density at radius 1 is 1.09 bits per heavy atom. The van der Waals surface area contributed by atoms with E-state index in [2.05, 4.69) is 12.2 Å². The Kier molecular flexibility index (Phi) is 5.07. The maximum atomic E-state index is 13.3. The summed E-state index contributed by atoms with van der Waals surface area (Å²) in [5.74, 6) is -0.165. The predicted molar refractivity (Wildman–Crippen MR) is 119 cm³/mol. The Bertz CT molecular complexity index is 1190. The van der Waals surface area contributed by atoms with Crippen molar-refractivity contribution in [3.63, 3.8) is 0 Å². The molecule has 6 rings (SSSR count). The molecule has 0 atom stereocenters. The first-order chi connectivity index (χ1) is 15.7. The number of halogens is 4. The maximum absolute atomic E-state index is 13.3. The van der Waals surface area contributed by atoms with Gasteiger partial charge in [0.25, 0.3) is 5.91 Å². The minimum Gasteiger partial charge on any atom is -0.346 e. The van der Waals surface area contributed by atoms with Gasteiger partial charge in [-0.2, -0.15) is 13.2 Å². The maximum Gasteiger partial charge on any atom is 0.416 e. The van der Waals surface area contributed by atoms with Crippen LogP contribution in [0.4, 0.5) is 17.6 Å². The first-order valence-corrected chi connectivity index (χ1v) is 11.3. The average molecular weight is 458 g/mol. The summed E-state index contributed by atoms with van der Waals surface area (Å²) in [6.07, 6.45) is 1.83. The van der Waals surface area contributed by atoms with Crippen LogP contribution in [0.1, 0.15) is 59.7 Å². The highest BCUT2D eigenvalue weighted by atomic mass is 19.4. The second-order valence-corrected chi connectivity index (χ2v) is 9.73. The van der Waals surface area contributed by atoms with Gasteiger partial charge in [0.15, 0.2) is 0 Å². The van der Waals surface area contributed by atoms with Crippen LogP contribution in [-0.4, -0.2) is 22.7 Å². The molecule has 0 radical (unpaired) electrons. The molecule has 1 aromatic heterocycles. The third-order valence-electron chi connectivity index (χ3n) is 7.51. The fourth-order valence-electron chi connectivity index (χ4n) is 5.87. The Morgan fingerprint density at radius 2 is 1.79 bits per heavy atom. The number of nitrogens with one attached hydrogen (secondary N) is 1. The molecule has 0 aliphatic heterocycles. The topological polar surface area (TPSA) is 34.0 Å². The quantitative estimate of drug-likeness (QED) is 0.415. The highest BCUT2D eigenvalue weighted by Gasteiger charge is 2.67. The second-order valence-electron chi connectivity index (χ2n) is 9.73. The number of aryl methyl sites for hydroxylation is 1. The lowest BCUT2D eigenvalue weighted by Gasteiger charge is -2.70. The summed E-state index contributed by atoms with van der Waals surface area (Å²) in [5, 5.41) is 3.96. The highest BCUT2D eigenvalue weighted by molar-refractivity contribution is 6.08. The van der Waals surface area contributed by atoms with Crippen molar-refractivity contribution in [2.75, 3.05) is 6.67 Å². The molecule has 174 valence electrons. The lowest BCUT2D eigenvalue weighted by atomic mass is 9.38. The summed E-state index contributed by atoms with van der Waals surface area (Å²) >= 11 is 0. The number of carbonyl (C=O) groups excluding carboxylic acids is 1. The Morgan fingerprint density at radius 3 is 2.39 bits per heavy atom. The van der Waals surface area contributed by atoms with Crippen LogP contribution in [0.5, 0.6) is 0 Å². The molecule has 3 aliphatic rings. The number of nitrogens with zero attached hydrogens (tertiary/aromatic N) is 1. The van der Waals surface area contributed by atoms with Gasteiger partial charge in [-0.3, -0.25) is 4.79 Å². The molecule has 1 heterocycles. The van der Waals surface area contributed by atoms with Crippen molar-refractivity contribution in [3.05, 3.63) is 70.9 Å². The molecule has 3 aliphatic carbocycles. The van der Waals surface area contributed by atoms with Crippen LogP contribution in [0.2, 0.25) is 0 Å². The number of alkyl halides is 4. The van der Waals surface area contributed by atoms with E-state index in [1.54, 1.807) is 10.8 Å². The normalized spacial score (nSPS) is 23.8. The molecular formula is C26H26F4N2O. The van der Waals surface area contributed by atoms with Crippen LogP contribution in [0.15, 0.2) is 48.7 Å². The monoisotopic (exact) mass is 458 g/mol. The zero-order valence-electron chi connectivity index (χ0n) is 18.4. The van der Waals surface area contributed by atoms with Gasteiger partial charge in [-0.1, -0.05) is 37.6 Å². The number of hydrogen-bond donors (Lipinski definition) is 1. The van der Waals surface area contributed by atoms with E-state index in [0.717, 1.165) is 54.3 Å². The number of rotatable bonds is 7. The lowest BCUT2D eigenvalue weighted by Crippen LogP contribution is -2.74. The third kappa shape index (κ3) is 3.71. The molecule has 1 amide bonds. The predicted octanol–water partition coefficient (Wildman–Crippen LogP) is 6.28. The van der Waals surface area contributed by atoms with E-state index in [-0.39, 0.29) is 18.0 Å². The summed E-state index contributed by atoms with van der Waals surface area (Å²) < 4.78 is 53.7. The molecule has 0 spiro atoms. The number of amides is 1. The molecular weight excluding hydrogens is 432 g/mol. The Hall–Kier alpha value is -2.83. The van der Waals surface area contributed by atoms with Crippen LogP contribution >= 0.6 is 0 Å². The number of carbonyl (C=O) groups is 1. The summed E-state index contributed by atoms with van der Waals surface area (Å²) in [4.78, 5) is 13.3. The van der Waals surface area contributed by atoms with Gasteiger partial charge in [-0.05, 0) is 60.4 Å². The Balaban J connectivity index is 1.47. The van der Waals surface area contributed by atoms with Gasteiger partial charge in [0.2, 0.25) is 0 Å². The van der Waals surface area contributed by atoms with E-state index in [1.165, 1.54) is 12.1 Å². The highest BCUT2D eigenvalue weighted by Crippen LogP contribution is 2.68. The molecule has 0 saturated heterocycles. The van der Waals surface area contributed by atoms with E-state index >= 15 is 0 Å². The van der Waals surface area contributed by atoms with Gasteiger partial charge in [0.05, 0.1) is 17.7 Å². The number of aromatic nitrogens is 1. The molecule has 7 heteroatoms. The van der Waals surface area contributed by atoms with Crippen LogP contribution in [0.3, 0.4) is 0 Å². The van der Waals surface area contributed by atoms with Crippen molar-refractivity contribution in [3.8, 4) is 0 Å². The van der Waals surface area contributed by atoms with Crippen molar-refractivity contribution < 1.29 is 22.4 Å². The van der Waals surface area contributed by atoms with E-state index in [0.29, 0.717) is 23.0 Å². The minimum absolute atomic E-state index is 0.121. The van der Waals surface area contributed by atoms with Crippen molar-refractivity contribution in [1.29, 1.82) is 0 Å². The first-order valence-electron chi connectivity index (χ1n) is 11.3. The van der Waals surface area contributed by atoms with Gasteiger partial charge < -0.3 is 9.88 Å². The molecule has 3 aromatic rings. The van der Waals surface area contributed by atoms with E-state index in [4.69, 9.17) is 0 Å². The third-order valence-corrected chi connectivity index (χ3v) is 7.51. The minimum atomic E-state index is -4.38. The molecule has 33 heavy (non-hydrogen) atoms. The van der Waals surface area contributed by atoms with Gasteiger partial charge in [-0.15, -0.1) is 0 Å². The Labute approximate surface area is 189 Å². The molecule has 3 saturated carbocycles. The smallest absolute Gasteiger partial charge is 0.346 e. The van der Waals surface area contributed by atoms with Crippen LogP contribution in [0, 0.1) is 5.41 Å². The fourth-order valence-corrected chi connectivity index (χ4v) is 5.87. The molecule has 2 aromatic carbocycles. The largest absolute Gasteiger partial charge is 0.416 e. The van der Waals surface area contributed by atoms with Gasteiger partial charge in [0.1, 0.15) is 6.67 Å². The standard InChI is InChI=1S/C26H26F4N2O/c1-2-24-14-25(15-24,16-24)31-23(33)20-13-32(11-10-27)21-5-3-4-18(22(20)21)12-17-6-8-19(9-7-17)26(28,29)30/h3-9,13H,2,10-12,14-16H2,1H3,(H,31,33). The van der Waals surface area contributed by atoms with Crippen molar-refractivity contribution in [2.24, 2.45) is 5.41 Å². The van der Waals surface area contributed by atoms with E-state index in [1.807, 2.05) is 18.2 Å². The van der Waals surface area contributed by atoms with Crippen molar-refractivity contribution in [1.82, 2.24) is 9.88 Å². The molecule has 1 N–H and O–H groups in total. The molecule has 3 nitrogen and oxygen atoms in total. The molecule has 2 bridgehead atoms. The van der Waals surface area contributed by atoms with E-state index in [9.17, 15) is 22.4 Å². The number of benzene rings is 2. The fraction of sp³-hybridized carbons (Fsp3) is 0.423. The second kappa shape index (κ2) is 7.61. The zero-order valence-corrected chi connectivity index (χ0v) is 18.4. The number of hydrogen-bond acceptors (Lipinski definition) is 1. The zero-order chi connectivity index (χ0) is 23.4. The van der Waals surface area contributed by atoms with E-state index < -0.39 is 18.4 Å². The summed E-state index contributed by atoms with van der Waals surface area (Å²) in [6, 6.07) is 10.6. The molecule has 0 unspecified atom stereocenters. The van der Waals surface area contributed by atoms with Gasteiger partial charge >= 0.3 is 6.18 Å². The summed E-state index contributed by atoms with van der Waals surface area (Å²) in [5.41, 5.74) is 2.37. The van der Waals surface area contributed by atoms with Gasteiger partial charge in [-0.25, -0.2) is 4.39 Å². The van der Waals surface area contributed by atoms with Crippen molar-refractivity contribution in [2.45, 2.75) is 57.3 Å².